The number of amides is 3. The molecule has 152 valence electrons. The van der Waals surface area contributed by atoms with Gasteiger partial charge in [-0.05, 0) is 61.9 Å². The van der Waals surface area contributed by atoms with Gasteiger partial charge in [-0.1, -0.05) is 30.3 Å². The Morgan fingerprint density at radius 2 is 1.62 bits per heavy atom. The summed E-state index contributed by atoms with van der Waals surface area (Å²) < 4.78 is 13.1. The quantitative estimate of drug-likeness (QED) is 0.826. The maximum Gasteiger partial charge on any atom is 0.318 e. The van der Waals surface area contributed by atoms with Crippen molar-refractivity contribution in [2.45, 2.75) is 56.8 Å². The van der Waals surface area contributed by atoms with Gasteiger partial charge in [0.15, 0.2) is 0 Å². The van der Waals surface area contributed by atoms with Crippen LogP contribution in [0.1, 0.15) is 48.0 Å². The van der Waals surface area contributed by atoms with Crippen molar-refractivity contribution in [3.8, 4) is 0 Å². The number of benzene rings is 2. The predicted octanol–water partition coefficient (Wildman–Crippen LogP) is 3.85. The third-order valence-corrected chi connectivity index (χ3v) is 5.94. The molecule has 2 saturated heterocycles. The van der Waals surface area contributed by atoms with Crippen LogP contribution in [-0.4, -0.2) is 35.0 Å². The molecule has 0 spiro atoms. The fourth-order valence-electron chi connectivity index (χ4n) is 4.57. The summed E-state index contributed by atoms with van der Waals surface area (Å²) in [7, 11) is 0. The molecule has 2 atom stereocenters. The molecule has 0 aromatic heterocycles. The third kappa shape index (κ3) is 4.58. The molecule has 0 radical (unpaired) electrons. The topological polar surface area (TPSA) is 61.4 Å². The first kappa shape index (κ1) is 19.4. The minimum absolute atomic E-state index is 0.0214. The Morgan fingerprint density at radius 1 is 0.966 bits per heavy atom. The van der Waals surface area contributed by atoms with Gasteiger partial charge < -0.3 is 15.5 Å². The highest BCUT2D eigenvalue weighted by Crippen LogP contribution is 2.34. The molecule has 2 N–H and O–H groups in total. The lowest BCUT2D eigenvalue weighted by molar-refractivity contribution is 0.0522. The molecule has 2 aliphatic heterocycles. The standard InChI is InChI=1S/C23H26FN3O2/c24-18-11-9-17(10-12-18)22(28)26-19-13-20-7-4-8-21(14-19)27(20)23(29)25-15-16-5-2-1-3-6-16/h1-3,5-6,9-12,19-21H,4,7-8,13-15H2,(H,25,29)(H,26,28). The number of urea groups is 1. The second kappa shape index (κ2) is 8.64. The van der Waals surface area contributed by atoms with Crippen LogP contribution in [0.15, 0.2) is 54.6 Å². The van der Waals surface area contributed by atoms with E-state index in [1.807, 2.05) is 35.2 Å². The number of hydrogen-bond acceptors (Lipinski definition) is 2. The molecule has 5 nitrogen and oxygen atoms in total. The van der Waals surface area contributed by atoms with Crippen LogP contribution in [0.5, 0.6) is 0 Å². The molecule has 2 heterocycles. The minimum atomic E-state index is -0.356. The third-order valence-electron chi connectivity index (χ3n) is 5.94. The smallest absolute Gasteiger partial charge is 0.318 e. The first-order valence-electron chi connectivity index (χ1n) is 10.3. The number of carbonyl (C=O) groups excluding carboxylic acids is 2. The number of piperidine rings is 2. The van der Waals surface area contributed by atoms with Crippen LogP contribution in [0.2, 0.25) is 0 Å². The van der Waals surface area contributed by atoms with E-state index in [2.05, 4.69) is 10.6 Å². The number of halogens is 1. The van der Waals surface area contributed by atoms with Crippen molar-refractivity contribution in [3.63, 3.8) is 0 Å². The van der Waals surface area contributed by atoms with Crippen molar-refractivity contribution < 1.29 is 14.0 Å². The minimum Gasteiger partial charge on any atom is -0.349 e. The maximum absolute atomic E-state index is 13.1. The summed E-state index contributed by atoms with van der Waals surface area (Å²) in [6.45, 7) is 0.514. The summed E-state index contributed by atoms with van der Waals surface area (Å²) in [6, 6.07) is 15.7. The average Bonchev–Trinajstić information content (AvgIpc) is 2.72. The zero-order valence-corrected chi connectivity index (χ0v) is 16.3. The van der Waals surface area contributed by atoms with Crippen molar-refractivity contribution in [1.29, 1.82) is 0 Å². The molecule has 29 heavy (non-hydrogen) atoms. The maximum atomic E-state index is 13.1. The van der Waals surface area contributed by atoms with Gasteiger partial charge in [-0.2, -0.15) is 0 Å². The molecule has 4 rings (SSSR count). The van der Waals surface area contributed by atoms with Crippen LogP contribution in [-0.2, 0) is 6.54 Å². The Balaban J connectivity index is 1.36. The van der Waals surface area contributed by atoms with Gasteiger partial charge in [0, 0.05) is 30.2 Å². The van der Waals surface area contributed by atoms with Crippen LogP contribution in [0.4, 0.5) is 9.18 Å². The van der Waals surface area contributed by atoms with Crippen molar-refractivity contribution in [2.75, 3.05) is 0 Å². The summed E-state index contributed by atoms with van der Waals surface area (Å²) in [6.07, 6.45) is 4.52. The van der Waals surface area contributed by atoms with Gasteiger partial charge in [0.2, 0.25) is 0 Å². The lowest BCUT2D eigenvalue weighted by Crippen LogP contribution is -2.60. The summed E-state index contributed by atoms with van der Waals surface area (Å²) in [5, 5.41) is 6.13. The van der Waals surface area contributed by atoms with Gasteiger partial charge in [-0.25, -0.2) is 9.18 Å². The number of rotatable bonds is 4. The molecule has 2 fully saturated rings. The van der Waals surface area contributed by atoms with E-state index in [0.717, 1.165) is 37.7 Å². The highest BCUT2D eigenvalue weighted by Gasteiger charge is 2.41. The molecular weight excluding hydrogens is 369 g/mol. The number of fused-ring (bicyclic) bond motifs is 2. The summed E-state index contributed by atoms with van der Waals surface area (Å²) >= 11 is 0. The molecule has 2 unspecified atom stereocenters. The Morgan fingerprint density at radius 3 is 2.28 bits per heavy atom. The van der Waals surface area contributed by atoms with Crippen molar-refractivity contribution >= 4 is 11.9 Å². The molecule has 2 aromatic rings. The highest BCUT2D eigenvalue weighted by molar-refractivity contribution is 5.94. The second-order valence-electron chi connectivity index (χ2n) is 7.94. The van der Waals surface area contributed by atoms with Gasteiger partial charge >= 0.3 is 6.03 Å². The largest absolute Gasteiger partial charge is 0.349 e. The van der Waals surface area contributed by atoms with E-state index in [0.29, 0.717) is 12.1 Å². The van der Waals surface area contributed by atoms with Crippen LogP contribution >= 0.6 is 0 Å². The molecule has 2 aromatic carbocycles. The molecule has 0 aliphatic carbocycles. The van der Waals surface area contributed by atoms with E-state index in [4.69, 9.17) is 0 Å². The number of hydrogen-bond donors (Lipinski definition) is 2. The number of carbonyl (C=O) groups is 2. The molecule has 3 amide bonds. The monoisotopic (exact) mass is 395 g/mol. The lowest BCUT2D eigenvalue weighted by atomic mass is 9.82. The van der Waals surface area contributed by atoms with E-state index in [-0.39, 0.29) is 35.9 Å². The van der Waals surface area contributed by atoms with Crippen molar-refractivity contribution in [2.24, 2.45) is 0 Å². The fourth-order valence-corrected chi connectivity index (χ4v) is 4.57. The number of nitrogens with zero attached hydrogens (tertiary/aromatic N) is 1. The highest BCUT2D eigenvalue weighted by atomic mass is 19.1. The zero-order valence-electron chi connectivity index (χ0n) is 16.3. The average molecular weight is 395 g/mol. The van der Waals surface area contributed by atoms with Crippen molar-refractivity contribution in [3.05, 3.63) is 71.5 Å². The van der Waals surface area contributed by atoms with Gasteiger partial charge in [0.1, 0.15) is 5.82 Å². The van der Waals surface area contributed by atoms with Crippen LogP contribution in [0.25, 0.3) is 0 Å². The Hall–Kier alpha value is -2.89. The molecule has 6 heteroatoms. The Kier molecular flexibility index (Phi) is 5.79. The summed E-state index contributed by atoms with van der Waals surface area (Å²) in [5.41, 5.74) is 1.53. The second-order valence-corrected chi connectivity index (χ2v) is 7.94. The van der Waals surface area contributed by atoms with E-state index in [1.165, 1.54) is 24.3 Å². The first-order chi connectivity index (χ1) is 14.1. The van der Waals surface area contributed by atoms with E-state index < -0.39 is 0 Å². The summed E-state index contributed by atoms with van der Waals surface area (Å²) in [4.78, 5) is 27.3. The van der Waals surface area contributed by atoms with Crippen LogP contribution < -0.4 is 10.6 Å². The molecular formula is C23H26FN3O2. The predicted molar refractivity (Wildman–Crippen MR) is 109 cm³/mol. The zero-order chi connectivity index (χ0) is 20.2. The van der Waals surface area contributed by atoms with Gasteiger partial charge in [-0.3, -0.25) is 4.79 Å². The first-order valence-corrected chi connectivity index (χ1v) is 10.3. The SMILES string of the molecule is O=C(NC1CC2CCCC(C1)N2C(=O)NCc1ccccc1)c1ccc(F)cc1. The van der Waals surface area contributed by atoms with E-state index >= 15 is 0 Å². The molecule has 2 aliphatic rings. The van der Waals surface area contributed by atoms with Gasteiger partial charge in [-0.15, -0.1) is 0 Å². The molecule has 0 saturated carbocycles. The fraction of sp³-hybridized carbons (Fsp3) is 0.391. The van der Waals surface area contributed by atoms with Gasteiger partial charge in [0.25, 0.3) is 5.91 Å². The Bertz CT molecular complexity index is 842. The van der Waals surface area contributed by atoms with Crippen molar-refractivity contribution in [1.82, 2.24) is 15.5 Å². The van der Waals surface area contributed by atoms with Crippen LogP contribution in [0, 0.1) is 5.82 Å². The van der Waals surface area contributed by atoms with Crippen LogP contribution in [0.3, 0.4) is 0 Å². The lowest BCUT2D eigenvalue weighted by Gasteiger charge is -2.48. The molecule has 2 bridgehead atoms. The Labute approximate surface area is 170 Å². The summed E-state index contributed by atoms with van der Waals surface area (Å²) in [5.74, 6) is -0.541. The van der Waals surface area contributed by atoms with E-state index in [1.54, 1.807) is 0 Å². The van der Waals surface area contributed by atoms with E-state index in [9.17, 15) is 14.0 Å². The number of nitrogens with one attached hydrogen (secondary N) is 2. The normalized spacial score (nSPS) is 23.3. The van der Waals surface area contributed by atoms with Gasteiger partial charge in [0.05, 0.1) is 0 Å².